The lowest BCUT2D eigenvalue weighted by atomic mass is 9.65. The molecule has 4 rings (SSSR count). The Balaban J connectivity index is 1.59. The summed E-state index contributed by atoms with van der Waals surface area (Å²) < 4.78 is 0. The SMILES string of the molecule is CN(C)CCN(C)C(=O)c1c[nH]c2ccc(C(=O)N3CC4(C)CC3CC(C)(C)C4)cc12. The quantitative estimate of drug-likeness (QED) is 0.793. The number of nitrogens with zero attached hydrogens (tertiary/aromatic N) is 3. The molecule has 2 fully saturated rings. The lowest BCUT2D eigenvalue weighted by molar-refractivity contribution is 0.0707. The number of aromatic nitrogens is 1. The number of likely N-dealkylation sites (N-methyl/N-ethyl adjacent to an activating group) is 2. The summed E-state index contributed by atoms with van der Waals surface area (Å²) >= 11 is 0. The molecule has 2 atom stereocenters. The minimum absolute atomic E-state index is 0.0241. The average molecular weight is 425 g/mol. The van der Waals surface area contributed by atoms with Gasteiger partial charge in [-0.05, 0) is 62.4 Å². The fourth-order valence-electron chi connectivity index (χ4n) is 5.95. The van der Waals surface area contributed by atoms with Crippen molar-refractivity contribution in [3.05, 3.63) is 35.5 Å². The van der Waals surface area contributed by atoms with Crippen molar-refractivity contribution in [1.29, 1.82) is 0 Å². The highest BCUT2D eigenvalue weighted by Gasteiger charge is 2.51. The minimum atomic E-state index is -0.0241. The Morgan fingerprint density at radius 3 is 2.58 bits per heavy atom. The van der Waals surface area contributed by atoms with Crippen molar-refractivity contribution in [2.24, 2.45) is 10.8 Å². The molecule has 1 aliphatic carbocycles. The Hall–Kier alpha value is -2.34. The lowest BCUT2D eigenvalue weighted by Gasteiger charge is -2.39. The number of H-pyrrole nitrogens is 1. The molecule has 1 saturated heterocycles. The molecule has 2 amide bonds. The molecule has 6 nitrogen and oxygen atoms in total. The molecular formula is C25H36N4O2. The second-order valence-electron chi connectivity index (χ2n) is 11.1. The zero-order valence-electron chi connectivity index (χ0n) is 19.8. The first-order valence-electron chi connectivity index (χ1n) is 11.3. The predicted molar refractivity (Wildman–Crippen MR) is 124 cm³/mol. The van der Waals surface area contributed by atoms with Crippen LogP contribution in [0.3, 0.4) is 0 Å². The van der Waals surface area contributed by atoms with E-state index in [-0.39, 0.29) is 22.6 Å². The van der Waals surface area contributed by atoms with Gasteiger partial charge in [0.2, 0.25) is 0 Å². The molecular weight excluding hydrogens is 388 g/mol. The Kier molecular flexibility index (Phi) is 5.41. The maximum Gasteiger partial charge on any atom is 0.255 e. The number of hydrogen-bond donors (Lipinski definition) is 1. The van der Waals surface area contributed by atoms with Crippen LogP contribution in [0.5, 0.6) is 0 Å². The van der Waals surface area contributed by atoms with Gasteiger partial charge >= 0.3 is 0 Å². The van der Waals surface area contributed by atoms with E-state index in [9.17, 15) is 9.59 Å². The summed E-state index contributed by atoms with van der Waals surface area (Å²) in [5, 5.41) is 0.821. The van der Waals surface area contributed by atoms with Crippen molar-refractivity contribution >= 4 is 22.7 Å². The highest BCUT2D eigenvalue weighted by atomic mass is 16.2. The van der Waals surface area contributed by atoms with Gasteiger partial charge in [-0.15, -0.1) is 0 Å². The number of hydrogen-bond acceptors (Lipinski definition) is 3. The summed E-state index contributed by atoms with van der Waals surface area (Å²) in [6, 6.07) is 6.02. The molecule has 6 heteroatoms. The van der Waals surface area contributed by atoms with Crippen LogP contribution in [0.25, 0.3) is 10.9 Å². The third-order valence-electron chi connectivity index (χ3n) is 7.06. The van der Waals surface area contributed by atoms with Crippen LogP contribution in [-0.2, 0) is 0 Å². The molecule has 168 valence electrons. The number of carbonyl (C=O) groups excluding carboxylic acids is 2. The summed E-state index contributed by atoms with van der Waals surface area (Å²) in [6.45, 7) is 9.25. The lowest BCUT2D eigenvalue weighted by Crippen LogP contribution is -2.37. The van der Waals surface area contributed by atoms with Gasteiger partial charge < -0.3 is 19.7 Å². The van der Waals surface area contributed by atoms with Gasteiger partial charge in [-0.2, -0.15) is 0 Å². The van der Waals surface area contributed by atoms with E-state index in [2.05, 4.69) is 35.6 Å². The van der Waals surface area contributed by atoms with Crippen molar-refractivity contribution in [3.63, 3.8) is 0 Å². The fourth-order valence-corrected chi connectivity index (χ4v) is 5.95. The maximum atomic E-state index is 13.5. The van der Waals surface area contributed by atoms with Gasteiger partial charge in [0.25, 0.3) is 11.8 Å². The number of aromatic amines is 1. The molecule has 0 spiro atoms. The molecule has 2 bridgehead atoms. The molecule has 1 saturated carbocycles. The normalized spacial score (nSPS) is 24.7. The van der Waals surface area contributed by atoms with Crippen LogP contribution in [0.1, 0.15) is 60.7 Å². The third kappa shape index (κ3) is 4.22. The monoisotopic (exact) mass is 424 g/mol. The average Bonchev–Trinajstić information content (AvgIpc) is 3.21. The van der Waals surface area contributed by atoms with Crippen LogP contribution >= 0.6 is 0 Å². The Morgan fingerprint density at radius 2 is 1.87 bits per heavy atom. The third-order valence-corrected chi connectivity index (χ3v) is 7.06. The number of nitrogens with one attached hydrogen (secondary N) is 1. The first-order valence-corrected chi connectivity index (χ1v) is 11.3. The van der Waals surface area contributed by atoms with Crippen LogP contribution < -0.4 is 0 Å². The molecule has 1 N–H and O–H groups in total. The molecule has 2 aliphatic rings. The number of likely N-dealkylation sites (tertiary alicyclic amines) is 1. The predicted octanol–water partition coefficient (Wildman–Crippen LogP) is 3.84. The standard InChI is InChI=1S/C25H36N4O2/c1-24(2)12-18-13-25(3,15-24)16-29(18)22(30)17-7-8-21-19(11-17)20(14-26-21)23(31)28(6)10-9-27(4)5/h7-8,11,14,18,26H,9-10,12-13,15-16H2,1-6H3. The van der Waals surface area contributed by atoms with Crippen molar-refractivity contribution in [3.8, 4) is 0 Å². The second kappa shape index (κ2) is 7.66. The smallest absolute Gasteiger partial charge is 0.255 e. The number of amides is 2. The number of carbonyl (C=O) groups is 2. The van der Waals surface area contributed by atoms with E-state index in [1.165, 1.54) is 0 Å². The van der Waals surface area contributed by atoms with E-state index in [1.54, 1.807) is 11.1 Å². The molecule has 2 unspecified atom stereocenters. The highest BCUT2D eigenvalue weighted by Crippen LogP contribution is 2.52. The Labute approximate surface area is 185 Å². The number of benzene rings is 1. The van der Waals surface area contributed by atoms with Gasteiger partial charge in [-0.3, -0.25) is 9.59 Å². The largest absolute Gasteiger partial charge is 0.360 e. The molecule has 31 heavy (non-hydrogen) atoms. The fraction of sp³-hybridized carbons (Fsp3) is 0.600. The topological polar surface area (TPSA) is 59.7 Å². The van der Waals surface area contributed by atoms with E-state index in [1.807, 2.05) is 39.3 Å². The maximum absolute atomic E-state index is 13.5. The van der Waals surface area contributed by atoms with Crippen LogP contribution in [0.2, 0.25) is 0 Å². The Morgan fingerprint density at radius 1 is 1.13 bits per heavy atom. The van der Waals surface area contributed by atoms with E-state index in [0.29, 0.717) is 23.7 Å². The van der Waals surface area contributed by atoms with Crippen molar-refractivity contribution in [2.45, 2.75) is 46.1 Å². The molecule has 2 heterocycles. The van der Waals surface area contributed by atoms with Gasteiger partial charge in [-0.1, -0.05) is 20.8 Å². The first kappa shape index (κ1) is 21.9. The number of rotatable bonds is 5. The van der Waals surface area contributed by atoms with E-state index < -0.39 is 0 Å². The van der Waals surface area contributed by atoms with Crippen molar-refractivity contribution in [2.75, 3.05) is 40.8 Å². The van der Waals surface area contributed by atoms with Crippen molar-refractivity contribution in [1.82, 2.24) is 19.7 Å². The van der Waals surface area contributed by atoms with Crippen molar-refractivity contribution < 1.29 is 9.59 Å². The summed E-state index contributed by atoms with van der Waals surface area (Å²) in [4.78, 5) is 35.6. The molecule has 1 aromatic carbocycles. The summed E-state index contributed by atoms with van der Waals surface area (Å²) in [5.74, 6) is 0.0675. The molecule has 1 aromatic heterocycles. The summed E-state index contributed by atoms with van der Waals surface area (Å²) in [6.07, 6.45) is 5.07. The second-order valence-corrected chi connectivity index (χ2v) is 11.1. The highest BCUT2D eigenvalue weighted by molar-refractivity contribution is 6.08. The number of fused-ring (bicyclic) bond motifs is 3. The minimum Gasteiger partial charge on any atom is -0.360 e. The van der Waals surface area contributed by atoms with Gasteiger partial charge in [0, 0.05) is 55.4 Å². The van der Waals surface area contributed by atoms with Crippen LogP contribution in [-0.4, -0.2) is 78.3 Å². The zero-order valence-corrected chi connectivity index (χ0v) is 19.8. The van der Waals surface area contributed by atoms with E-state index in [4.69, 9.17) is 0 Å². The first-order chi connectivity index (χ1) is 14.5. The van der Waals surface area contributed by atoms with Crippen LogP contribution in [0, 0.1) is 10.8 Å². The summed E-state index contributed by atoms with van der Waals surface area (Å²) in [5.41, 5.74) is 2.66. The molecule has 1 aliphatic heterocycles. The van der Waals surface area contributed by atoms with E-state index >= 15 is 0 Å². The molecule has 0 radical (unpaired) electrons. The van der Waals surface area contributed by atoms with E-state index in [0.717, 1.165) is 43.3 Å². The van der Waals surface area contributed by atoms with Crippen LogP contribution in [0.15, 0.2) is 24.4 Å². The van der Waals surface area contributed by atoms with Gasteiger partial charge in [0.05, 0.1) is 5.56 Å². The van der Waals surface area contributed by atoms with Crippen LogP contribution in [0.4, 0.5) is 0 Å². The molecule has 2 aromatic rings. The van der Waals surface area contributed by atoms with Gasteiger partial charge in [0.1, 0.15) is 0 Å². The van der Waals surface area contributed by atoms with Gasteiger partial charge in [0.15, 0.2) is 0 Å². The summed E-state index contributed by atoms with van der Waals surface area (Å²) in [7, 11) is 5.82. The zero-order chi connectivity index (χ0) is 22.6. The Bertz CT molecular complexity index is 1010. The van der Waals surface area contributed by atoms with Gasteiger partial charge in [-0.25, -0.2) is 0 Å².